The zero-order valence-corrected chi connectivity index (χ0v) is 23.5. The smallest absolute Gasteiger partial charge is 0.243 e. The molecule has 2 amide bonds. The van der Waals surface area contributed by atoms with Crippen molar-refractivity contribution in [1.82, 2.24) is 4.90 Å². The second-order valence-corrected chi connectivity index (χ2v) is 12.3. The predicted molar refractivity (Wildman–Crippen MR) is 143 cm³/mol. The van der Waals surface area contributed by atoms with Crippen LogP contribution in [0.2, 0.25) is 0 Å². The Labute approximate surface area is 209 Å². The van der Waals surface area contributed by atoms with Crippen LogP contribution in [-0.2, 0) is 19.2 Å². The maximum atomic E-state index is 11.8. The quantitative estimate of drug-likeness (QED) is 0.334. The Hall–Kier alpha value is -1.17. The number of hydrogen-bond acceptors (Lipinski definition) is 5. The fourth-order valence-electron chi connectivity index (χ4n) is 2.88. The highest BCUT2D eigenvalue weighted by Crippen LogP contribution is 2.29. The summed E-state index contributed by atoms with van der Waals surface area (Å²) in [6.07, 6.45) is 1.84. The lowest BCUT2D eigenvalue weighted by Gasteiger charge is -2.19. The van der Waals surface area contributed by atoms with Crippen molar-refractivity contribution in [3.63, 3.8) is 0 Å². The first-order chi connectivity index (χ1) is 14.5. The van der Waals surface area contributed by atoms with E-state index < -0.39 is 0 Å². The van der Waals surface area contributed by atoms with Gasteiger partial charge < -0.3 is 0 Å². The molecule has 1 heterocycles. The van der Waals surface area contributed by atoms with Crippen molar-refractivity contribution in [1.29, 1.82) is 0 Å². The van der Waals surface area contributed by atoms with E-state index >= 15 is 0 Å². The second kappa shape index (κ2) is 18.2. The molecule has 1 aliphatic rings. The Morgan fingerprint density at radius 1 is 0.788 bits per heavy atom. The third-order valence-corrected chi connectivity index (χ3v) is 5.84. The molecule has 33 heavy (non-hydrogen) atoms. The van der Waals surface area contributed by atoms with Gasteiger partial charge in [0.15, 0.2) is 0 Å². The van der Waals surface area contributed by atoms with E-state index in [0.717, 1.165) is 12.8 Å². The number of nitrogens with zero attached hydrogens (tertiary/aromatic N) is 1. The minimum absolute atomic E-state index is 0. The number of thioether (sulfide) groups is 1. The summed E-state index contributed by atoms with van der Waals surface area (Å²) in [6.45, 7) is 23.9. The van der Waals surface area contributed by atoms with Crippen LogP contribution >= 0.6 is 11.8 Å². The van der Waals surface area contributed by atoms with Gasteiger partial charge in [0.05, 0.1) is 5.25 Å². The number of rotatable bonds is 9. The van der Waals surface area contributed by atoms with Crippen LogP contribution in [-0.4, -0.2) is 44.8 Å². The SMILES string of the molecule is C.CC(C)CC(=O)C(C)C.CC(C)CC(=O)C(C)C.CC(C)SC1CC(=O)N(C(C)C)C1=O. The van der Waals surface area contributed by atoms with E-state index in [-0.39, 0.29) is 42.4 Å². The molecule has 1 aliphatic heterocycles. The molecule has 0 aromatic carbocycles. The lowest BCUT2D eigenvalue weighted by atomic mass is 9.99. The lowest BCUT2D eigenvalue weighted by molar-refractivity contribution is -0.140. The van der Waals surface area contributed by atoms with E-state index in [1.54, 1.807) is 11.8 Å². The third kappa shape index (κ3) is 17.0. The average Bonchev–Trinajstić information content (AvgIpc) is 2.87. The minimum atomic E-state index is -0.148. The van der Waals surface area contributed by atoms with Crippen LogP contribution in [0.25, 0.3) is 0 Å². The van der Waals surface area contributed by atoms with Crippen molar-refractivity contribution in [3.8, 4) is 0 Å². The van der Waals surface area contributed by atoms with Crippen LogP contribution < -0.4 is 0 Å². The molecular formula is C27H53NO4S. The van der Waals surface area contributed by atoms with Crippen molar-refractivity contribution in [2.75, 3.05) is 0 Å². The first-order valence-electron chi connectivity index (χ1n) is 12.1. The molecule has 0 aromatic heterocycles. The van der Waals surface area contributed by atoms with E-state index in [4.69, 9.17) is 0 Å². The van der Waals surface area contributed by atoms with Gasteiger partial charge in [-0.1, -0.05) is 76.7 Å². The number of carbonyl (C=O) groups is 4. The van der Waals surface area contributed by atoms with Crippen molar-refractivity contribution >= 4 is 35.1 Å². The molecule has 5 nitrogen and oxygen atoms in total. The van der Waals surface area contributed by atoms with Crippen molar-refractivity contribution in [2.45, 2.75) is 126 Å². The number of imide groups is 1. The summed E-state index contributed by atoms with van der Waals surface area (Å²) >= 11 is 1.58. The van der Waals surface area contributed by atoms with Gasteiger partial charge in [0.1, 0.15) is 11.6 Å². The summed E-state index contributed by atoms with van der Waals surface area (Å²) in [4.78, 5) is 46.6. The maximum Gasteiger partial charge on any atom is 0.243 e. The third-order valence-electron chi connectivity index (χ3n) is 4.60. The number of hydrogen-bond donors (Lipinski definition) is 0. The van der Waals surface area contributed by atoms with Gasteiger partial charge >= 0.3 is 0 Å². The summed E-state index contributed by atoms with van der Waals surface area (Å²) in [7, 11) is 0. The molecule has 0 radical (unpaired) electrons. The number of carbonyl (C=O) groups excluding carboxylic acids is 4. The molecule has 1 saturated heterocycles. The van der Waals surface area contributed by atoms with Crippen LogP contribution in [0.3, 0.4) is 0 Å². The summed E-state index contributed by atoms with van der Waals surface area (Å²) in [5.41, 5.74) is 0. The summed E-state index contributed by atoms with van der Waals surface area (Å²) in [5.74, 6) is 2.18. The Bertz CT molecular complexity index is 569. The average molecular weight is 488 g/mol. The monoisotopic (exact) mass is 487 g/mol. The highest BCUT2D eigenvalue weighted by atomic mass is 32.2. The van der Waals surface area contributed by atoms with Crippen LogP contribution in [0.1, 0.15) is 110 Å². The van der Waals surface area contributed by atoms with Gasteiger partial charge in [-0.25, -0.2) is 0 Å². The van der Waals surface area contributed by atoms with Gasteiger partial charge in [0, 0.05) is 37.1 Å². The first kappa shape index (κ1) is 36.4. The molecule has 1 fully saturated rings. The Morgan fingerprint density at radius 3 is 1.33 bits per heavy atom. The number of amides is 2. The number of likely N-dealkylation sites (tertiary alicyclic amines) is 1. The van der Waals surface area contributed by atoms with Crippen LogP contribution in [0.15, 0.2) is 0 Å². The Morgan fingerprint density at radius 2 is 1.15 bits per heavy atom. The van der Waals surface area contributed by atoms with Crippen LogP contribution in [0, 0.1) is 23.7 Å². The molecule has 0 saturated carbocycles. The van der Waals surface area contributed by atoms with E-state index in [9.17, 15) is 19.2 Å². The topological polar surface area (TPSA) is 71.5 Å². The minimum Gasteiger partial charge on any atom is -0.299 e. The van der Waals surface area contributed by atoms with Gasteiger partial charge in [-0.05, 0) is 30.9 Å². The normalized spacial score (nSPS) is 15.7. The van der Waals surface area contributed by atoms with Crippen molar-refractivity contribution < 1.29 is 19.2 Å². The van der Waals surface area contributed by atoms with Crippen LogP contribution in [0.5, 0.6) is 0 Å². The molecule has 0 N–H and O–H groups in total. The predicted octanol–water partition coefficient (Wildman–Crippen LogP) is 6.82. The standard InChI is InChI=1S/C10H17NO2S.2C8H16O.CH4/c1-6(2)11-9(12)5-8(10(11)13)14-7(3)4;2*1-6(2)5-8(9)7(3)4;/h6-8H,5H2,1-4H3;2*6-7H,5H2,1-4H3;1H4. The summed E-state index contributed by atoms with van der Waals surface area (Å²) in [6, 6.07) is -0.00670. The zero-order valence-electron chi connectivity index (χ0n) is 22.7. The Kier molecular flexibility index (Phi) is 20.1. The van der Waals surface area contributed by atoms with Gasteiger partial charge in [0.25, 0.3) is 0 Å². The molecule has 0 bridgehead atoms. The maximum absolute atomic E-state index is 11.8. The van der Waals surface area contributed by atoms with Gasteiger partial charge in [0.2, 0.25) is 11.8 Å². The van der Waals surface area contributed by atoms with Crippen molar-refractivity contribution in [2.24, 2.45) is 23.7 Å². The largest absolute Gasteiger partial charge is 0.299 e. The number of Topliss-reactive ketones (excluding diaryl/α,β-unsaturated/α-hetero) is 2. The van der Waals surface area contributed by atoms with Gasteiger partial charge in [-0.3, -0.25) is 24.1 Å². The molecule has 196 valence electrons. The molecule has 6 heteroatoms. The molecular weight excluding hydrogens is 434 g/mol. The van der Waals surface area contributed by atoms with Gasteiger partial charge in [-0.2, -0.15) is 0 Å². The first-order valence-corrected chi connectivity index (χ1v) is 13.0. The van der Waals surface area contributed by atoms with Gasteiger partial charge in [-0.15, -0.1) is 11.8 Å². The molecule has 1 rings (SSSR count). The Balaban J connectivity index is -0.000000421. The molecule has 0 aliphatic carbocycles. The van der Waals surface area contributed by atoms with Crippen molar-refractivity contribution in [3.05, 3.63) is 0 Å². The van der Waals surface area contributed by atoms with Crippen LogP contribution in [0.4, 0.5) is 0 Å². The molecule has 1 atom stereocenters. The van der Waals surface area contributed by atoms with E-state index in [1.807, 2.05) is 55.4 Å². The lowest BCUT2D eigenvalue weighted by Crippen LogP contribution is -2.37. The zero-order chi connectivity index (χ0) is 25.8. The molecule has 1 unspecified atom stereocenters. The summed E-state index contributed by atoms with van der Waals surface area (Å²) < 4.78 is 0. The van der Waals surface area contributed by atoms with E-state index in [1.165, 1.54) is 4.90 Å². The van der Waals surface area contributed by atoms with E-state index in [2.05, 4.69) is 27.7 Å². The fraction of sp³-hybridized carbons (Fsp3) is 0.852. The molecule has 0 spiro atoms. The summed E-state index contributed by atoms with van der Waals surface area (Å²) in [5, 5.41) is 0.244. The van der Waals surface area contributed by atoms with E-state index in [0.29, 0.717) is 35.1 Å². The fourth-order valence-corrected chi connectivity index (χ4v) is 4.00. The highest BCUT2D eigenvalue weighted by Gasteiger charge is 2.40. The highest BCUT2D eigenvalue weighted by molar-refractivity contribution is 8.01. The molecule has 0 aromatic rings. The number of ketones is 2. The second-order valence-electron chi connectivity index (χ2n) is 10.5.